The summed E-state index contributed by atoms with van der Waals surface area (Å²) in [5.41, 5.74) is 0. The van der Waals surface area contributed by atoms with Gasteiger partial charge in [-0.05, 0) is 0 Å². The molecule has 0 aromatic rings. The average molecular weight is 800 g/mol. The first kappa shape index (κ1) is 42.9. The van der Waals surface area contributed by atoms with E-state index >= 15 is 0 Å². The number of halogens is 27. The van der Waals surface area contributed by atoms with Gasteiger partial charge >= 0.3 is 85.0 Å². The van der Waals surface area contributed by atoms with Gasteiger partial charge in [0.25, 0.3) is 0 Å². The fraction of sp³-hybridized carbons (Fsp3) is 1.00. The summed E-state index contributed by atoms with van der Waals surface area (Å²) in [6.45, 7) is 0. The van der Waals surface area contributed by atoms with Crippen LogP contribution in [0.5, 0.6) is 0 Å². The van der Waals surface area contributed by atoms with Crippen LogP contribution < -0.4 is 0 Å². The Kier molecular flexibility index (Phi) is 10.7. The molecule has 0 N–H and O–H groups in total. The maximum atomic E-state index is 13.1. The highest BCUT2D eigenvalue weighted by molar-refractivity contribution is 7.54. The van der Waals surface area contributed by atoms with Gasteiger partial charge in [0, 0.05) is 0 Å². The van der Waals surface area contributed by atoms with Crippen LogP contribution in [0.1, 0.15) is 0 Å². The van der Waals surface area contributed by atoms with Crippen molar-refractivity contribution in [2.24, 2.45) is 0 Å². The maximum Gasteiger partial charge on any atom is 0.556 e. The third-order valence-electron chi connectivity index (χ3n) is 4.34. The Morgan fingerprint density at radius 1 is 0.273 bits per heavy atom. The Morgan fingerprint density at radius 3 is 0.432 bits per heavy atom. The zero-order valence-electron chi connectivity index (χ0n) is 18.3. The molecule has 44 heavy (non-hydrogen) atoms. The number of rotatable bonds is 6. The van der Waals surface area contributed by atoms with Crippen LogP contribution in [0.4, 0.5) is 119 Å². The first-order valence-electron chi connectivity index (χ1n) is 8.70. The van der Waals surface area contributed by atoms with Crippen molar-refractivity contribution in [1.29, 1.82) is 0 Å². The van der Waals surface area contributed by atoms with Crippen LogP contribution in [0.2, 0.25) is 0 Å². The van der Waals surface area contributed by atoms with E-state index in [0.717, 1.165) is 0 Å². The highest BCUT2D eigenvalue weighted by Gasteiger charge is 2.98. The first-order chi connectivity index (χ1) is 18.4. The standard InChI is InChI=1S/C9F27O4PSi3/c10-1(11,12)42(2(13,14)15,3(16,17)18)38-41(37,39-43(4(19,20)21,5(22,23)24)6(25,26)27)40-44(7(28,29)30,8(31,32)33)9(34,35)36. The largest absolute Gasteiger partial charge is 0.556 e. The van der Waals surface area contributed by atoms with Crippen molar-refractivity contribution in [3.63, 3.8) is 0 Å². The molecule has 0 aromatic carbocycles. The van der Waals surface area contributed by atoms with Crippen molar-refractivity contribution in [3.8, 4) is 0 Å². The van der Waals surface area contributed by atoms with Gasteiger partial charge in [-0.1, -0.05) is 0 Å². The zero-order chi connectivity index (χ0) is 36.6. The van der Waals surface area contributed by atoms with E-state index in [1.54, 1.807) is 0 Å². The van der Waals surface area contributed by atoms with Gasteiger partial charge in [0.1, 0.15) is 0 Å². The van der Waals surface area contributed by atoms with E-state index in [9.17, 15) is 123 Å². The van der Waals surface area contributed by atoms with Gasteiger partial charge in [-0.3, -0.25) is 0 Å². The minimum atomic E-state index is -11.3. The van der Waals surface area contributed by atoms with E-state index in [2.05, 4.69) is 0 Å². The summed E-state index contributed by atoms with van der Waals surface area (Å²) in [6, 6.07) is 0. The summed E-state index contributed by atoms with van der Waals surface area (Å²) in [4.78, 5) is 0. The lowest BCUT2D eigenvalue weighted by Crippen LogP contribution is -2.77. The Bertz CT molecular complexity index is 821. The molecule has 0 heterocycles. The minimum absolute atomic E-state index is 1.35. The second kappa shape index (κ2) is 11.0. The van der Waals surface area contributed by atoms with Crippen LogP contribution in [0.25, 0.3) is 0 Å². The molecule has 0 atom stereocenters. The topological polar surface area (TPSA) is 44.8 Å². The molecule has 0 bridgehead atoms. The molecule has 35 heteroatoms. The zero-order valence-corrected chi connectivity index (χ0v) is 22.2. The summed E-state index contributed by atoms with van der Waals surface area (Å²) in [7, 11) is -44.5. The number of hydrogen-bond donors (Lipinski definition) is 0. The van der Waals surface area contributed by atoms with Gasteiger partial charge in [0.2, 0.25) is 0 Å². The Balaban J connectivity index is 8.81. The summed E-state index contributed by atoms with van der Waals surface area (Å²) in [5, 5.41) is 0. The third kappa shape index (κ3) is 6.78. The van der Waals surface area contributed by atoms with E-state index in [4.69, 9.17) is 0 Å². The summed E-state index contributed by atoms with van der Waals surface area (Å²) in [6.07, 6.45) is 0. The highest BCUT2D eigenvalue weighted by atomic mass is 31.2. The van der Waals surface area contributed by atoms with Crippen molar-refractivity contribution < 1.29 is 136 Å². The molecule has 0 radical (unpaired) electrons. The molecule has 0 saturated heterocycles. The summed E-state index contributed by atoms with van der Waals surface area (Å²) < 4.78 is 371. The quantitative estimate of drug-likeness (QED) is 0.153. The fourth-order valence-corrected chi connectivity index (χ4v) is 14.6. The predicted octanol–water partition coefficient (Wildman–Crippen LogP) is 8.89. The first-order valence-corrected chi connectivity index (χ1v) is 15.9. The lowest BCUT2D eigenvalue weighted by molar-refractivity contribution is -0.193. The van der Waals surface area contributed by atoms with Crippen molar-refractivity contribution in [2.45, 2.75) is 52.2 Å². The minimum Gasteiger partial charge on any atom is -0.303 e. The number of alkyl halides is 27. The number of phosphoric acid groups is 1. The van der Waals surface area contributed by atoms with Crippen LogP contribution in [0.3, 0.4) is 0 Å². The monoisotopic (exact) mass is 800 g/mol. The molecule has 0 aliphatic heterocycles. The van der Waals surface area contributed by atoms with Crippen LogP contribution in [0.15, 0.2) is 0 Å². The molecule has 0 aliphatic carbocycles. The lowest BCUT2D eigenvalue weighted by Gasteiger charge is -2.43. The van der Waals surface area contributed by atoms with E-state index in [1.165, 1.54) is 12.6 Å². The SMILES string of the molecule is O=P(O[Si](C(F)(F)F)(C(F)(F)F)C(F)(F)F)(O[Si](C(F)(F)F)(C(F)(F)F)C(F)(F)F)O[Si](C(F)(F)F)(C(F)(F)F)C(F)(F)F. The fourth-order valence-electron chi connectivity index (χ4n) is 2.47. The van der Waals surface area contributed by atoms with Crippen LogP contribution >= 0.6 is 7.82 Å². The van der Waals surface area contributed by atoms with Crippen molar-refractivity contribution >= 4 is 32.8 Å². The number of hydrogen-bond acceptors (Lipinski definition) is 4. The van der Waals surface area contributed by atoms with Crippen LogP contribution in [-0.4, -0.2) is 77.1 Å². The molecule has 0 rings (SSSR count). The maximum absolute atomic E-state index is 13.1. The molecular formula is C9F27O4PSi3. The normalized spacial score (nSPS) is 16.9. The van der Waals surface area contributed by atoms with Crippen molar-refractivity contribution in [1.82, 2.24) is 0 Å². The van der Waals surface area contributed by atoms with Crippen LogP contribution in [0, 0.1) is 0 Å². The van der Waals surface area contributed by atoms with Crippen molar-refractivity contribution in [2.75, 3.05) is 0 Å². The second-order valence-electron chi connectivity index (χ2n) is 7.24. The highest BCUT2D eigenvalue weighted by Crippen LogP contribution is 2.70. The summed E-state index contributed by atoms with van der Waals surface area (Å²) in [5.74, 6) is -78.3. The van der Waals surface area contributed by atoms with Gasteiger partial charge in [-0.15, -0.1) is 0 Å². The van der Waals surface area contributed by atoms with Gasteiger partial charge in [-0.2, -0.15) is 119 Å². The van der Waals surface area contributed by atoms with Gasteiger partial charge in [0.05, 0.1) is 0 Å². The molecule has 266 valence electrons. The molecule has 0 fully saturated rings. The molecule has 0 amide bonds. The van der Waals surface area contributed by atoms with Crippen molar-refractivity contribution in [3.05, 3.63) is 0 Å². The van der Waals surface area contributed by atoms with Crippen LogP contribution in [-0.2, 0) is 17.2 Å². The molecule has 0 aromatic heterocycles. The average Bonchev–Trinajstić information content (AvgIpc) is 2.59. The van der Waals surface area contributed by atoms with E-state index in [-0.39, 0.29) is 0 Å². The smallest absolute Gasteiger partial charge is 0.303 e. The molecule has 0 spiro atoms. The third-order valence-corrected chi connectivity index (χ3v) is 17.5. The Hall–Kier alpha value is -1.13. The lowest BCUT2D eigenvalue weighted by atomic mass is 11.4. The second-order valence-corrected chi connectivity index (χ2v) is 19.5. The van der Waals surface area contributed by atoms with E-state index in [0.29, 0.717) is 0 Å². The molecule has 0 aliphatic rings. The van der Waals surface area contributed by atoms with E-state index in [1.807, 2.05) is 0 Å². The summed E-state index contributed by atoms with van der Waals surface area (Å²) >= 11 is 0. The van der Waals surface area contributed by atoms with Gasteiger partial charge in [-0.25, -0.2) is 4.57 Å². The van der Waals surface area contributed by atoms with Gasteiger partial charge < -0.3 is 12.6 Å². The molecule has 4 nitrogen and oxygen atoms in total. The van der Waals surface area contributed by atoms with Gasteiger partial charge in [0.15, 0.2) is 0 Å². The molecule has 0 unspecified atom stereocenters. The van der Waals surface area contributed by atoms with E-state index < -0.39 is 85.0 Å². The predicted molar refractivity (Wildman–Crippen MR) is 82.6 cm³/mol. The molecular weight excluding hydrogens is 800 g/mol. The Labute approximate surface area is 222 Å². The Morgan fingerprint density at radius 2 is 0.364 bits per heavy atom. The molecule has 0 saturated carbocycles.